The molecule has 1 aromatic heterocycles. The molecule has 0 bridgehead atoms. The lowest BCUT2D eigenvalue weighted by Crippen LogP contribution is -2.26. The van der Waals surface area contributed by atoms with E-state index in [2.05, 4.69) is 22.5 Å². The predicted molar refractivity (Wildman–Crippen MR) is 108 cm³/mol. The molecule has 2 N–H and O–H groups in total. The lowest BCUT2D eigenvalue weighted by molar-refractivity contribution is 0.0945. The maximum atomic E-state index is 11.9. The van der Waals surface area contributed by atoms with Gasteiger partial charge in [-0.1, -0.05) is 53.4 Å². The molecule has 134 valence electrons. The van der Waals surface area contributed by atoms with Gasteiger partial charge in [0.2, 0.25) is 0 Å². The lowest BCUT2D eigenvalue weighted by atomic mass is 10.2. The van der Waals surface area contributed by atoms with Gasteiger partial charge in [0, 0.05) is 17.9 Å². The monoisotopic (exact) mass is 403 g/mol. The molecule has 1 amide bonds. The molecule has 0 aliphatic carbocycles. The van der Waals surface area contributed by atoms with E-state index in [0.29, 0.717) is 9.52 Å². The summed E-state index contributed by atoms with van der Waals surface area (Å²) in [6.07, 6.45) is 0. The molecule has 8 heteroatoms. The van der Waals surface area contributed by atoms with E-state index in [1.807, 2.05) is 30.3 Å². The van der Waals surface area contributed by atoms with Crippen molar-refractivity contribution in [2.24, 2.45) is 0 Å². The SMILES string of the molecule is O=C(NCCO)c1ccc(-n2nc(SCc3ccccc3)sc2=S)cc1. The highest BCUT2D eigenvalue weighted by molar-refractivity contribution is 8.00. The average Bonchev–Trinajstić information content (AvgIpc) is 3.06. The fourth-order valence-corrected chi connectivity index (χ4v) is 4.54. The highest BCUT2D eigenvalue weighted by Crippen LogP contribution is 2.27. The van der Waals surface area contributed by atoms with E-state index in [4.69, 9.17) is 17.3 Å². The molecule has 3 aromatic rings. The molecular weight excluding hydrogens is 386 g/mol. The molecule has 1 heterocycles. The summed E-state index contributed by atoms with van der Waals surface area (Å²) in [4.78, 5) is 11.9. The highest BCUT2D eigenvalue weighted by Gasteiger charge is 2.09. The third kappa shape index (κ3) is 4.79. The fraction of sp³-hybridized carbons (Fsp3) is 0.167. The Labute approximate surface area is 164 Å². The van der Waals surface area contributed by atoms with Gasteiger partial charge in [-0.2, -0.15) is 0 Å². The van der Waals surface area contributed by atoms with Crippen LogP contribution in [0.4, 0.5) is 0 Å². The Kier molecular flexibility index (Phi) is 6.56. The van der Waals surface area contributed by atoms with Crippen LogP contribution in [-0.2, 0) is 5.75 Å². The molecular formula is C18H17N3O2S3. The maximum Gasteiger partial charge on any atom is 0.251 e. The first-order chi connectivity index (χ1) is 12.7. The Morgan fingerprint density at radius 2 is 1.92 bits per heavy atom. The number of amides is 1. The van der Waals surface area contributed by atoms with Crippen LogP contribution in [0.3, 0.4) is 0 Å². The van der Waals surface area contributed by atoms with Crippen molar-refractivity contribution < 1.29 is 9.90 Å². The van der Waals surface area contributed by atoms with Crippen molar-refractivity contribution in [3.8, 4) is 5.69 Å². The molecule has 0 spiro atoms. The van der Waals surface area contributed by atoms with Crippen molar-refractivity contribution in [1.29, 1.82) is 0 Å². The topological polar surface area (TPSA) is 67.2 Å². The van der Waals surface area contributed by atoms with Gasteiger partial charge in [0.25, 0.3) is 5.91 Å². The summed E-state index contributed by atoms with van der Waals surface area (Å²) in [6, 6.07) is 17.3. The van der Waals surface area contributed by atoms with Gasteiger partial charge in [-0.15, -0.1) is 5.10 Å². The number of rotatable bonds is 7. The summed E-state index contributed by atoms with van der Waals surface area (Å²) in [5, 5.41) is 16.0. The number of benzene rings is 2. The normalized spacial score (nSPS) is 10.7. The number of hydrogen-bond donors (Lipinski definition) is 2. The van der Waals surface area contributed by atoms with Crippen molar-refractivity contribution >= 4 is 41.2 Å². The zero-order chi connectivity index (χ0) is 18.4. The molecule has 0 unspecified atom stereocenters. The number of thioether (sulfide) groups is 1. The second-order valence-corrected chi connectivity index (χ2v) is 8.19. The van der Waals surface area contributed by atoms with Crippen LogP contribution in [0.2, 0.25) is 0 Å². The van der Waals surface area contributed by atoms with Crippen LogP contribution in [-0.4, -0.2) is 33.9 Å². The molecule has 0 saturated heterocycles. The largest absolute Gasteiger partial charge is 0.395 e. The van der Waals surface area contributed by atoms with Crippen molar-refractivity contribution in [1.82, 2.24) is 15.1 Å². The molecule has 0 radical (unpaired) electrons. The number of carbonyl (C=O) groups is 1. The zero-order valence-electron chi connectivity index (χ0n) is 13.8. The molecule has 26 heavy (non-hydrogen) atoms. The third-order valence-corrected chi connectivity index (χ3v) is 5.94. The number of aromatic nitrogens is 2. The Morgan fingerprint density at radius 3 is 2.62 bits per heavy atom. The van der Waals surface area contributed by atoms with Crippen LogP contribution >= 0.6 is 35.3 Å². The summed E-state index contributed by atoms with van der Waals surface area (Å²) < 4.78 is 3.28. The molecule has 0 saturated carbocycles. The van der Waals surface area contributed by atoms with Gasteiger partial charge >= 0.3 is 0 Å². The van der Waals surface area contributed by atoms with E-state index in [1.54, 1.807) is 28.6 Å². The van der Waals surface area contributed by atoms with Crippen LogP contribution in [0.15, 0.2) is 58.9 Å². The van der Waals surface area contributed by atoms with Crippen LogP contribution < -0.4 is 5.32 Å². The predicted octanol–water partition coefficient (Wildman–Crippen LogP) is 3.68. The standard InChI is InChI=1S/C18H17N3O2S3/c22-11-10-19-16(23)14-6-8-15(9-7-14)21-18(24)26-17(20-21)25-12-13-4-2-1-3-5-13/h1-9,22H,10-12H2,(H,19,23). The van der Waals surface area contributed by atoms with Gasteiger partial charge in [-0.3, -0.25) is 4.79 Å². The van der Waals surface area contributed by atoms with Gasteiger partial charge in [0.1, 0.15) is 0 Å². The number of carbonyl (C=O) groups excluding carboxylic acids is 1. The summed E-state index contributed by atoms with van der Waals surface area (Å²) in [7, 11) is 0. The molecule has 2 aromatic carbocycles. The highest BCUT2D eigenvalue weighted by atomic mass is 32.2. The Balaban J connectivity index is 1.70. The van der Waals surface area contributed by atoms with Gasteiger partial charge in [-0.25, -0.2) is 4.68 Å². The van der Waals surface area contributed by atoms with Crippen LogP contribution in [0, 0.1) is 3.95 Å². The number of aliphatic hydroxyl groups is 1. The first-order valence-corrected chi connectivity index (χ1v) is 10.1. The number of aliphatic hydroxyl groups excluding tert-OH is 1. The van der Waals surface area contributed by atoms with Gasteiger partial charge < -0.3 is 10.4 Å². The second-order valence-electron chi connectivity index (χ2n) is 5.35. The van der Waals surface area contributed by atoms with Gasteiger partial charge in [0.05, 0.1) is 12.3 Å². The summed E-state index contributed by atoms with van der Waals surface area (Å²) in [5.41, 5.74) is 2.59. The Bertz CT molecular complexity index is 921. The van der Waals surface area contributed by atoms with E-state index >= 15 is 0 Å². The van der Waals surface area contributed by atoms with E-state index < -0.39 is 0 Å². The van der Waals surface area contributed by atoms with Crippen molar-refractivity contribution in [3.63, 3.8) is 0 Å². The zero-order valence-corrected chi connectivity index (χ0v) is 16.2. The van der Waals surface area contributed by atoms with E-state index in [0.717, 1.165) is 15.8 Å². The quantitative estimate of drug-likeness (QED) is 0.465. The molecule has 0 aliphatic heterocycles. The summed E-state index contributed by atoms with van der Waals surface area (Å²) in [6.45, 7) is 0.154. The van der Waals surface area contributed by atoms with E-state index in [1.165, 1.54) is 16.9 Å². The molecule has 3 rings (SSSR count). The van der Waals surface area contributed by atoms with E-state index in [9.17, 15) is 4.79 Å². The smallest absolute Gasteiger partial charge is 0.251 e. The number of nitrogens with zero attached hydrogens (tertiary/aromatic N) is 2. The van der Waals surface area contributed by atoms with Crippen LogP contribution in [0.25, 0.3) is 5.69 Å². The van der Waals surface area contributed by atoms with Crippen molar-refractivity contribution in [3.05, 3.63) is 69.7 Å². The summed E-state index contributed by atoms with van der Waals surface area (Å²) in [5.74, 6) is 0.624. The van der Waals surface area contributed by atoms with Gasteiger partial charge in [0.15, 0.2) is 8.29 Å². The molecule has 0 fully saturated rings. The second kappa shape index (κ2) is 9.09. The number of nitrogens with one attached hydrogen (secondary N) is 1. The lowest BCUT2D eigenvalue weighted by Gasteiger charge is -2.05. The minimum Gasteiger partial charge on any atom is -0.395 e. The molecule has 0 aliphatic rings. The molecule has 0 atom stereocenters. The first kappa shape index (κ1) is 18.8. The Morgan fingerprint density at radius 1 is 1.19 bits per heavy atom. The fourth-order valence-electron chi connectivity index (χ4n) is 2.23. The van der Waals surface area contributed by atoms with Crippen LogP contribution in [0.1, 0.15) is 15.9 Å². The van der Waals surface area contributed by atoms with Gasteiger partial charge in [-0.05, 0) is 42.0 Å². The maximum absolute atomic E-state index is 11.9. The van der Waals surface area contributed by atoms with Crippen molar-refractivity contribution in [2.75, 3.05) is 13.2 Å². The van der Waals surface area contributed by atoms with Crippen molar-refractivity contribution in [2.45, 2.75) is 10.1 Å². The minimum atomic E-state index is -0.216. The van der Waals surface area contributed by atoms with E-state index in [-0.39, 0.29) is 19.1 Å². The Hall–Kier alpha value is -2.00. The third-order valence-electron chi connectivity index (χ3n) is 3.51. The summed E-state index contributed by atoms with van der Waals surface area (Å²) >= 11 is 8.55. The minimum absolute atomic E-state index is 0.0821. The average molecular weight is 404 g/mol. The van der Waals surface area contributed by atoms with Crippen LogP contribution in [0.5, 0.6) is 0 Å². The molecule has 5 nitrogen and oxygen atoms in total. The first-order valence-electron chi connectivity index (χ1n) is 7.94. The number of hydrogen-bond acceptors (Lipinski definition) is 6.